The Labute approximate surface area is 143 Å². The zero-order valence-electron chi connectivity index (χ0n) is 14.0. The Morgan fingerprint density at radius 2 is 1.72 bits per heavy atom. The number of carbonyl (C=O) groups is 3. The molecule has 0 radical (unpaired) electrons. The first kappa shape index (κ1) is 19.5. The minimum atomic E-state index is -1.86. The van der Waals surface area contributed by atoms with Crippen LogP contribution in [0.4, 0.5) is 0 Å². The lowest BCUT2D eigenvalue weighted by atomic mass is 9.99. The highest BCUT2D eigenvalue weighted by Gasteiger charge is 2.62. The number of hydrogen-bond acceptors (Lipinski definition) is 8. The minimum absolute atomic E-state index is 0.253. The van der Waals surface area contributed by atoms with Crippen LogP contribution >= 0.6 is 0 Å². The van der Waals surface area contributed by atoms with Crippen LogP contribution in [0.1, 0.15) is 20.8 Å². The van der Waals surface area contributed by atoms with Crippen molar-refractivity contribution in [2.75, 3.05) is 0 Å². The van der Waals surface area contributed by atoms with Crippen molar-refractivity contribution >= 4 is 18.2 Å². The summed E-state index contributed by atoms with van der Waals surface area (Å²) in [6.07, 6.45) is -6.73. The van der Waals surface area contributed by atoms with Gasteiger partial charge in [0.05, 0.1) is 5.92 Å². The van der Waals surface area contributed by atoms with E-state index in [-0.39, 0.29) is 5.92 Å². The maximum absolute atomic E-state index is 12.4. The number of carboxylic acids is 1. The van der Waals surface area contributed by atoms with Crippen molar-refractivity contribution in [2.24, 2.45) is 17.3 Å². The molecule has 4 N–H and O–H groups in total. The molecule has 25 heavy (non-hydrogen) atoms. The van der Waals surface area contributed by atoms with Crippen molar-refractivity contribution in [3.63, 3.8) is 0 Å². The standard InChI is InChI=1S/C16H22O9/c1-6(5-17)4-7-8(16(7,2)3)14(23)25-15-11(20)9(18)10(19)12(24-15)13(21)22/h4-5,7-12,15,18-20H,1-3H3,(H,21,22)/b6-4+/t7-,8+,9+,10+,11-,12+,15-/m1/s1. The molecule has 0 aromatic heterocycles. The molecule has 9 heteroatoms. The maximum atomic E-state index is 12.4. The van der Waals surface area contributed by atoms with Crippen LogP contribution < -0.4 is 0 Å². The molecule has 0 aromatic rings. The first-order chi connectivity index (χ1) is 11.5. The molecule has 2 rings (SSSR count). The molecule has 0 aromatic carbocycles. The van der Waals surface area contributed by atoms with Crippen molar-refractivity contribution in [3.8, 4) is 0 Å². The predicted molar refractivity (Wildman–Crippen MR) is 81.0 cm³/mol. The molecule has 1 aliphatic heterocycles. The van der Waals surface area contributed by atoms with E-state index in [1.165, 1.54) is 0 Å². The quantitative estimate of drug-likeness (QED) is 0.271. The molecule has 1 saturated carbocycles. The molecule has 2 fully saturated rings. The molecule has 7 atom stereocenters. The molecule has 1 saturated heterocycles. The normalized spacial score (nSPS) is 40.2. The summed E-state index contributed by atoms with van der Waals surface area (Å²) in [6.45, 7) is 5.21. The fraction of sp³-hybridized carbons (Fsp3) is 0.688. The van der Waals surface area contributed by atoms with Crippen LogP contribution in [0.25, 0.3) is 0 Å². The van der Waals surface area contributed by atoms with Crippen LogP contribution in [-0.4, -0.2) is 69.4 Å². The minimum Gasteiger partial charge on any atom is -0.479 e. The van der Waals surface area contributed by atoms with Crippen molar-refractivity contribution in [2.45, 2.75) is 51.5 Å². The predicted octanol–water partition coefficient (Wildman–Crippen LogP) is -1.16. The molecule has 2 aliphatic rings. The van der Waals surface area contributed by atoms with Gasteiger partial charge in [0.1, 0.15) is 24.6 Å². The number of esters is 1. The van der Waals surface area contributed by atoms with E-state index >= 15 is 0 Å². The second kappa shape index (κ2) is 6.83. The Kier molecular flexibility index (Phi) is 5.33. The Balaban J connectivity index is 2.09. The van der Waals surface area contributed by atoms with E-state index in [4.69, 9.17) is 14.6 Å². The van der Waals surface area contributed by atoms with Crippen molar-refractivity contribution in [3.05, 3.63) is 11.6 Å². The summed E-state index contributed by atoms with van der Waals surface area (Å²) in [7, 11) is 0. The number of carboxylic acid groups (broad SMARTS) is 1. The van der Waals surface area contributed by atoms with Crippen molar-refractivity contribution < 1.29 is 44.3 Å². The van der Waals surface area contributed by atoms with E-state index < -0.39 is 54.0 Å². The molecule has 0 amide bonds. The average Bonchev–Trinajstić information content (AvgIpc) is 3.07. The summed E-state index contributed by atoms with van der Waals surface area (Å²) in [5, 5.41) is 38.2. The lowest BCUT2D eigenvalue weighted by Gasteiger charge is -2.38. The van der Waals surface area contributed by atoms with Gasteiger partial charge in [-0.05, 0) is 23.8 Å². The van der Waals surface area contributed by atoms with E-state index in [1.54, 1.807) is 26.8 Å². The Morgan fingerprint density at radius 3 is 2.24 bits per heavy atom. The zero-order chi connectivity index (χ0) is 19.1. The van der Waals surface area contributed by atoms with Crippen LogP contribution in [0.5, 0.6) is 0 Å². The van der Waals surface area contributed by atoms with Gasteiger partial charge in [-0.2, -0.15) is 0 Å². The van der Waals surface area contributed by atoms with Crippen molar-refractivity contribution in [1.82, 2.24) is 0 Å². The lowest BCUT2D eigenvalue weighted by molar-refractivity contribution is -0.287. The Bertz CT molecular complexity index is 596. The maximum Gasteiger partial charge on any atom is 0.335 e. The summed E-state index contributed by atoms with van der Waals surface area (Å²) >= 11 is 0. The van der Waals surface area contributed by atoms with Gasteiger partial charge in [0.2, 0.25) is 6.29 Å². The fourth-order valence-electron chi connectivity index (χ4n) is 3.10. The Hall–Kier alpha value is -1.81. The van der Waals surface area contributed by atoms with Gasteiger partial charge in [-0.25, -0.2) is 4.79 Å². The molecule has 140 valence electrons. The van der Waals surface area contributed by atoms with E-state index in [0.717, 1.165) is 0 Å². The fourth-order valence-corrected chi connectivity index (χ4v) is 3.10. The number of ether oxygens (including phenoxy) is 2. The van der Waals surface area contributed by atoms with Gasteiger partial charge in [-0.15, -0.1) is 0 Å². The van der Waals surface area contributed by atoms with E-state index in [0.29, 0.717) is 11.9 Å². The van der Waals surface area contributed by atoms with Gasteiger partial charge < -0.3 is 29.9 Å². The van der Waals surface area contributed by atoms with Crippen LogP contribution in [0.15, 0.2) is 11.6 Å². The number of carbonyl (C=O) groups excluding carboxylic acids is 2. The third-order valence-electron chi connectivity index (χ3n) is 4.84. The van der Waals surface area contributed by atoms with Crippen LogP contribution in [0.2, 0.25) is 0 Å². The summed E-state index contributed by atoms with van der Waals surface area (Å²) in [5.74, 6) is -3.17. The molecular formula is C16H22O9. The summed E-state index contributed by atoms with van der Waals surface area (Å²) in [5.41, 5.74) is -0.0162. The van der Waals surface area contributed by atoms with Gasteiger partial charge in [0.25, 0.3) is 0 Å². The Morgan fingerprint density at radius 1 is 1.12 bits per heavy atom. The van der Waals surface area contributed by atoms with Crippen LogP contribution in [0.3, 0.4) is 0 Å². The van der Waals surface area contributed by atoms with Gasteiger partial charge in [0, 0.05) is 0 Å². The number of aliphatic hydroxyl groups is 3. The summed E-state index contributed by atoms with van der Waals surface area (Å²) in [6, 6.07) is 0. The van der Waals surface area contributed by atoms with E-state index in [2.05, 4.69) is 0 Å². The number of aldehydes is 1. The van der Waals surface area contributed by atoms with Gasteiger partial charge in [-0.3, -0.25) is 9.59 Å². The average molecular weight is 358 g/mol. The third kappa shape index (κ3) is 3.59. The SMILES string of the molecule is C/C(C=O)=C\[C@@H]1[C@@H](C(=O)O[C@H]2O[C@H](C(=O)O)[C@@H](O)[C@H](O)[C@H]2O)C1(C)C. The van der Waals surface area contributed by atoms with Gasteiger partial charge in [0.15, 0.2) is 6.10 Å². The smallest absolute Gasteiger partial charge is 0.335 e. The number of aliphatic carboxylic acids is 1. The first-order valence-electron chi connectivity index (χ1n) is 7.79. The van der Waals surface area contributed by atoms with Crippen molar-refractivity contribution in [1.29, 1.82) is 0 Å². The van der Waals surface area contributed by atoms with E-state index in [1.807, 2.05) is 0 Å². The second-order valence-corrected chi connectivity index (χ2v) is 7.03. The summed E-state index contributed by atoms with van der Waals surface area (Å²) in [4.78, 5) is 34.1. The zero-order valence-corrected chi connectivity index (χ0v) is 14.0. The molecule has 9 nitrogen and oxygen atoms in total. The largest absolute Gasteiger partial charge is 0.479 e. The number of rotatable bonds is 5. The summed E-state index contributed by atoms with van der Waals surface area (Å²) < 4.78 is 9.97. The highest BCUT2D eigenvalue weighted by atomic mass is 16.7. The van der Waals surface area contributed by atoms with Gasteiger partial charge >= 0.3 is 11.9 Å². The first-order valence-corrected chi connectivity index (χ1v) is 7.79. The number of aliphatic hydroxyl groups excluding tert-OH is 3. The molecule has 1 heterocycles. The highest BCUT2D eigenvalue weighted by molar-refractivity contribution is 5.80. The number of allylic oxidation sites excluding steroid dienone is 2. The second-order valence-electron chi connectivity index (χ2n) is 7.03. The molecule has 0 spiro atoms. The van der Waals surface area contributed by atoms with Crippen LogP contribution in [0, 0.1) is 17.3 Å². The number of hydrogen-bond donors (Lipinski definition) is 4. The third-order valence-corrected chi connectivity index (χ3v) is 4.84. The molecular weight excluding hydrogens is 336 g/mol. The molecule has 0 unspecified atom stereocenters. The van der Waals surface area contributed by atoms with Crippen LogP contribution in [-0.2, 0) is 23.9 Å². The monoisotopic (exact) mass is 358 g/mol. The lowest BCUT2D eigenvalue weighted by Crippen LogP contribution is -2.60. The highest BCUT2D eigenvalue weighted by Crippen LogP contribution is 2.60. The topological polar surface area (TPSA) is 151 Å². The molecule has 0 bridgehead atoms. The van der Waals surface area contributed by atoms with E-state index in [9.17, 15) is 29.7 Å². The molecule has 1 aliphatic carbocycles. The van der Waals surface area contributed by atoms with Gasteiger partial charge in [-0.1, -0.05) is 19.9 Å².